The standard InChI is InChI=1S/C14H11N2O.Y/c1-10-2-5-13(6-3-10)17-14-7-4-12(16)8-11(14)9-15;/h2,4-8H,16H2,1H3;/q-1;. The summed E-state index contributed by atoms with van der Waals surface area (Å²) in [6.45, 7) is 1.95. The van der Waals surface area contributed by atoms with Gasteiger partial charge in [0.05, 0.1) is 5.56 Å². The summed E-state index contributed by atoms with van der Waals surface area (Å²) in [5.41, 5.74) is 7.61. The Bertz CT molecular complexity index is 573. The molecule has 2 aromatic carbocycles. The summed E-state index contributed by atoms with van der Waals surface area (Å²) >= 11 is 0. The van der Waals surface area contributed by atoms with Crippen LogP contribution in [-0.4, -0.2) is 0 Å². The molecule has 3 nitrogen and oxygen atoms in total. The van der Waals surface area contributed by atoms with Crippen LogP contribution in [0, 0.1) is 24.3 Å². The molecule has 0 saturated carbocycles. The molecule has 2 rings (SSSR count). The Kier molecular flexibility index (Phi) is 5.34. The topological polar surface area (TPSA) is 59.0 Å². The van der Waals surface area contributed by atoms with Gasteiger partial charge in [0, 0.05) is 44.1 Å². The number of ether oxygens (including phenoxy) is 1. The van der Waals surface area contributed by atoms with Gasteiger partial charge in [-0.15, -0.1) is 12.1 Å². The Balaban J connectivity index is 0.00000162. The summed E-state index contributed by atoms with van der Waals surface area (Å²) in [5, 5.41) is 8.97. The van der Waals surface area contributed by atoms with E-state index in [-0.39, 0.29) is 32.7 Å². The average molecular weight is 312 g/mol. The fourth-order valence-electron chi connectivity index (χ4n) is 1.40. The van der Waals surface area contributed by atoms with Crippen molar-refractivity contribution >= 4 is 5.69 Å². The van der Waals surface area contributed by atoms with Crippen molar-refractivity contribution in [3.05, 3.63) is 53.6 Å². The molecule has 0 aromatic heterocycles. The fraction of sp³-hybridized carbons (Fsp3) is 0.0714. The van der Waals surface area contributed by atoms with Crippen molar-refractivity contribution in [1.29, 1.82) is 5.26 Å². The maximum absolute atomic E-state index is 8.97. The van der Waals surface area contributed by atoms with Gasteiger partial charge >= 0.3 is 0 Å². The molecule has 0 aliphatic heterocycles. The minimum atomic E-state index is 0. The molecule has 2 aromatic rings. The third-order valence-corrected chi connectivity index (χ3v) is 2.29. The number of nitrogens with zero attached hydrogens (tertiary/aromatic N) is 1. The van der Waals surface area contributed by atoms with Crippen LogP contribution in [0.3, 0.4) is 0 Å². The monoisotopic (exact) mass is 312 g/mol. The van der Waals surface area contributed by atoms with E-state index in [4.69, 9.17) is 15.7 Å². The zero-order valence-corrected chi connectivity index (χ0v) is 12.8. The smallest absolute Gasteiger partial charge is 0.128 e. The summed E-state index contributed by atoms with van der Waals surface area (Å²) in [7, 11) is 0. The first-order valence-corrected chi connectivity index (χ1v) is 5.15. The van der Waals surface area contributed by atoms with Crippen molar-refractivity contribution < 1.29 is 37.4 Å². The molecule has 2 N–H and O–H groups in total. The van der Waals surface area contributed by atoms with Gasteiger partial charge < -0.3 is 10.5 Å². The molecule has 1 radical (unpaired) electrons. The molecule has 0 atom stereocenters. The first-order valence-electron chi connectivity index (χ1n) is 5.15. The molecule has 0 spiro atoms. The molecular formula is C14H11N2OY-. The van der Waals surface area contributed by atoms with Crippen molar-refractivity contribution in [1.82, 2.24) is 0 Å². The van der Waals surface area contributed by atoms with Gasteiger partial charge in [0.25, 0.3) is 0 Å². The normalized spacial score (nSPS) is 9.11. The van der Waals surface area contributed by atoms with Crippen LogP contribution in [0.25, 0.3) is 0 Å². The number of benzene rings is 2. The Labute approximate surface area is 131 Å². The van der Waals surface area contributed by atoms with Crippen LogP contribution in [0.2, 0.25) is 0 Å². The van der Waals surface area contributed by atoms with Gasteiger partial charge in [-0.1, -0.05) is 6.92 Å². The van der Waals surface area contributed by atoms with Crippen LogP contribution in [0.5, 0.6) is 11.5 Å². The van der Waals surface area contributed by atoms with Crippen molar-refractivity contribution in [2.75, 3.05) is 5.73 Å². The zero-order chi connectivity index (χ0) is 12.3. The SMILES string of the molecule is Cc1[c-]cc(Oc2ccc(N)cc2C#N)cc1.[Y]. The quantitative estimate of drug-likeness (QED) is 0.685. The van der Waals surface area contributed by atoms with E-state index in [2.05, 4.69) is 12.1 Å². The second-order valence-electron chi connectivity index (χ2n) is 3.68. The van der Waals surface area contributed by atoms with E-state index in [0.717, 1.165) is 5.56 Å². The molecule has 0 heterocycles. The van der Waals surface area contributed by atoms with Crippen LogP contribution in [0.15, 0.2) is 36.4 Å². The van der Waals surface area contributed by atoms with Gasteiger partial charge in [0.1, 0.15) is 11.8 Å². The van der Waals surface area contributed by atoms with Crippen LogP contribution >= 0.6 is 0 Å². The predicted octanol–water partition coefficient (Wildman–Crippen LogP) is 3.04. The predicted molar refractivity (Wildman–Crippen MR) is 65.7 cm³/mol. The molecule has 18 heavy (non-hydrogen) atoms. The second-order valence-corrected chi connectivity index (χ2v) is 3.68. The zero-order valence-electron chi connectivity index (χ0n) is 9.97. The molecule has 0 bridgehead atoms. The molecular weight excluding hydrogens is 301 g/mol. The van der Waals surface area contributed by atoms with E-state index in [1.807, 2.05) is 19.1 Å². The third kappa shape index (κ3) is 3.56. The van der Waals surface area contributed by atoms with E-state index in [1.54, 1.807) is 24.3 Å². The van der Waals surface area contributed by atoms with E-state index in [0.29, 0.717) is 22.7 Å². The first kappa shape index (κ1) is 14.7. The van der Waals surface area contributed by atoms with Crippen molar-refractivity contribution in [2.24, 2.45) is 0 Å². The van der Waals surface area contributed by atoms with Crippen LogP contribution in [-0.2, 0) is 32.7 Å². The molecule has 87 valence electrons. The van der Waals surface area contributed by atoms with Gasteiger partial charge in [0.15, 0.2) is 0 Å². The van der Waals surface area contributed by atoms with Crippen molar-refractivity contribution in [3.63, 3.8) is 0 Å². The minimum Gasteiger partial charge on any atom is -0.515 e. The molecule has 0 aliphatic carbocycles. The van der Waals surface area contributed by atoms with E-state index in [9.17, 15) is 0 Å². The molecule has 0 saturated heterocycles. The third-order valence-electron chi connectivity index (χ3n) is 2.29. The van der Waals surface area contributed by atoms with Gasteiger partial charge in [-0.3, -0.25) is 0 Å². The van der Waals surface area contributed by atoms with Gasteiger partial charge in [-0.2, -0.15) is 23.0 Å². The van der Waals surface area contributed by atoms with E-state index in [1.165, 1.54) is 0 Å². The number of nitrogens with two attached hydrogens (primary N) is 1. The number of nitrogen functional groups attached to an aromatic ring is 1. The van der Waals surface area contributed by atoms with Gasteiger partial charge in [-0.05, 0) is 18.2 Å². The maximum atomic E-state index is 8.97. The number of hydrogen-bond acceptors (Lipinski definition) is 3. The molecule has 0 amide bonds. The number of anilines is 1. The van der Waals surface area contributed by atoms with Crippen LogP contribution in [0.1, 0.15) is 11.1 Å². The fourth-order valence-corrected chi connectivity index (χ4v) is 1.40. The number of aryl methyl sites for hydroxylation is 1. The molecule has 0 fully saturated rings. The summed E-state index contributed by atoms with van der Waals surface area (Å²) < 4.78 is 5.60. The molecule has 0 aliphatic rings. The minimum absolute atomic E-state index is 0. The number of hydrogen-bond donors (Lipinski definition) is 1. The summed E-state index contributed by atoms with van der Waals surface area (Å²) in [6, 6.07) is 15.6. The Morgan fingerprint density at radius 3 is 2.67 bits per heavy atom. The van der Waals surface area contributed by atoms with Crippen LogP contribution in [0.4, 0.5) is 5.69 Å². The van der Waals surface area contributed by atoms with E-state index >= 15 is 0 Å². The Morgan fingerprint density at radius 2 is 2.06 bits per heavy atom. The first-order chi connectivity index (χ1) is 8.19. The summed E-state index contributed by atoms with van der Waals surface area (Å²) in [6.07, 6.45) is 0. The average Bonchev–Trinajstić information content (AvgIpc) is 2.34. The number of nitriles is 1. The summed E-state index contributed by atoms with van der Waals surface area (Å²) in [4.78, 5) is 0. The number of rotatable bonds is 2. The van der Waals surface area contributed by atoms with Crippen LogP contribution < -0.4 is 10.5 Å². The Morgan fingerprint density at radius 1 is 1.28 bits per heavy atom. The molecule has 4 heteroatoms. The largest absolute Gasteiger partial charge is 0.515 e. The van der Waals surface area contributed by atoms with Crippen molar-refractivity contribution in [3.8, 4) is 17.6 Å². The Hall–Kier alpha value is -1.37. The van der Waals surface area contributed by atoms with Gasteiger partial charge in [-0.25, -0.2) is 0 Å². The molecule has 0 unspecified atom stereocenters. The second kappa shape index (κ2) is 6.54. The van der Waals surface area contributed by atoms with E-state index < -0.39 is 0 Å². The van der Waals surface area contributed by atoms with Crippen molar-refractivity contribution in [2.45, 2.75) is 6.92 Å². The van der Waals surface area contributed by atoms with Gasteiger partial charge in [0.2, 0.25) is 0 Å². The summed E-state index contributed by atoms with van der Waals surface area (Å²) in [5.74, 6) is 1.15. The maximum Gasteiger partial charge on any atom is 0.128 e.